The fraction of sp³-hybridized carbons (Fsp3) is 0.105. The number of nitrogens with zero attached hydrogens (tertiary/aromatic N) is 1. The second-order valence-corrected chi connectivity index (χ2v) is 6.83. The molecule has 0 aliphatic rings. The molecule has 0 heterocycles. The molecule has 29 heavy (non-hydrogen) atoms. The summed E-state index contributed by atoms with van der Waals surface area (Å²) in [4.78, 5) is 45.3. The van der Waals surface area contributed by atoms with Crippen LogP contribution in [-0.4, -0.2) is 33.6 Å². The van der Waals surface area contributed by atoms with Crippen LogP contribution in [0.4, 0.5) is 17.1 Å². The van der Waals surface area contributed by atoms with E-state index in [2.05, 4.69) is 10.6 Å². The number of nitro benzene ring substituents is 1. The van der Waals surface area contributed by atoms with Gasteiger partial charge in [0.15, 0.2) is 0 Å². The monoisotopic (exact) mass is 415 g/mol. The number of carboxylic acids is 1. The average molecular weight is 415 g/mol. The summed E-state index contributed by atoms with van der Waals surface area (Å²) in [5, 5.41) is 24.6. The van der Waals surface area contributed by atoms with Gasteiger partial charge in [-0.25, -0.2) is 4.79 Å². The van der Waals surface area contributed by atoms with Crippen LogP contribution in [0.5, 0.6) is 0 Å². The van der Waals surface area contributed by atoms with E-state index in [0.717, 1.165) is 12.2 Å². The first kappa shape index (κ1) is 21.6. The van der Waals surface area contributed by atoms with Crippen LogP contribution in [0.25, 0.3) is 0 Å². The van der Waals surface area contributed by atoms with Crippen molar-refractivity contribution in [1.82, 2.24) is 0 Å². The Bertz CT molecular complexity index is 990. The summed E-state index contributed by atoms with van der Waals surface area (Å²) >= 11 is 1.21. The average Bonchev–Trinajstić information content (AvgIpc) is 2.66. The summed E-state index contributed by atoms with van der Waals surface area (Å²) in [5.74, 6) is -2.10. The fourth-order valence-electron chi connectivity index (χ4n) is 2.19. The number of nitro groups is 1. The number of aliphatic carboxylic acids is 1. The molecule has 2 aromatic rings. The highest BCUT2D eigenvalue weighted by atomic mass is 32.2. The highest BCUT2D eigenvalue weighted by Gasteiger charge is 2.11. The third-order valence-electron chi connectivity index (χ3n) is 3.55. The number of non-ortho nitro benzene ring substituents is 1. The van der Waals surface area contributed by atoms with Crippen LogP contribution in [0, 0.1) is 17.0 Å². The van der Waals surface area contributed by atoms with Gasteiger partial charge in [-0.1, -0.05) is 12.1 Å². The van der Waals surface area contributed by atoms with Gasteiger partial charge in [0, 0.05) is 34.9 Å². The van der Waals surface area contributed by atoms with Crippen molar-refractivity contribution in [2.45, 2.75) is 11.8 Å². The Balaban J connectivity index is 1.95. The van der Waals surface area contributed by atoms with Crippen molar-refractivity contribution < 1.29 is 24.4 Å². The molecule has 9 nitrogen and oxygen atoms in total. The number of hydrogen-bond donors (Lipinski definition) is 3. The maximum atomic E-state index is 12.2. The summed E-state index contributed by atoms with van der Waals surface area (Å²) < 4.78 is 0. The number of hydrogen-bond acceptors (Lipinski definition) is 6. The van der Waals surface area contributed by atoms with E-state index in [9.17, 15) is 24.5 Å². The van der Waals surface area contributed by atoms with Crippen molar-refractivity contribution in [2.24, 2.45) is 0 Å². The van der Waals surface area contributed by atoms with Crippen molar-refractivity contribution in [1.29, 1.82) is 0 Å². The van der Waals surface area contributed by atoms with Gasteiger partial charge in [0.2, 0.25) is 11.8 Å². The Morgan fingerprint density at radius 2 is 1.90 bits per heavy atom. The van der Waals surface area contributed by atoms with Gasteiger partial charge in [0.1, 0.15) is 0 Å². The van der Waals surface area contributed by atoms with E-state index in [1.54, 1.807) is 37.3 Å². The van der Waals surface area contributed by atoms with Gasteiger partial charge in [-0.2, -0.15) is 0 Å². The molecule has 10 heteroatoms. The number of thioether (sulfide) groups is 1. The molecule has 0 unspecified atom stereocenters. The van der Waals surface area contributed by atoms with Crippen LogP contribution in [0.15, 0.2) is 59.5 Å². The van der Waals surface area contributed by atoms with E-state index < -0.39 is 16.8 Å². The molecule has 3 N–H and O–H groups in total. The quantitative estimate of drug-likeness (QED) is 0.260. The lowest BCUT2D eigenvalue weighted by Crippen LogP contribution is -2.15. The van der Waals surface area contributed by atoms with Gasteiger partial charge in [0.05, 0.1) is 16.4 Å². The summed E-state index contributed by atoms with van der Waals surface area (Å²) in [7, 11) is 0. The largest absolute Gasteiger partial charge is 0.478 e. The van der Waals surface area contributed by atoms with E-state index in [4.69, 9.17) is 5.11 Å². The number of nitrogens with one attached hydrogen (secondary N) is 2. The van der Waals surface area contributed by atoms with Crippen molar-refractivity contribution in [3.05, 3.63) is 70.3 Å². The van der Waals surface area contributed by atoms with E-state index in [1.165, 1.54) is 23.9 Å². The molecule has 150 valence electrons. The predicted molar refractivity (Wildman–Crippen MR) is 109 cm³/mol. The van der Waals surface area contributed by atoms with Gasteiger partial charge >= 0.3 is 5.97 Å². The van der Waals surface area contributed by atoms with Crippen molar-refractivity contribution in [3.63, 3.8) is 0 Å². The van der Waals surface area contributed by atoms with Crippen LogP contribution in [-0.2, 0) is 14.4 Å². The zero-order valence-corrected chi connectivity index (χ0v) is 16.1. The molecule has 0 bridgehead atoms. The molecule has 0 aliphatic carbocycles. The van der Waals surface area contributed by atoms with Crippen LogP contribution < -0.4 is 10.6 Å². The van der Waals surface area contributed by atoms with Crippen molar-refractivity contribution in [3.8, 4) is 0 Å². The predicted octanol–water partition coefficient (Wildman–Crippen LogP) is 3.21. The number of anilines is 2. The fourth-order valence-corrected chi connectivity index (χ4v) is 2.94. The molecule has 0 radical (unpaired) electrons. The normalized spacial score (nSPS) is 10.5. The third-order valence-corrected chi connectivity index (χ3v) is 4.55. The molecule has 0 spiro atoms. The van der Waals surface area contributed by atoms with Gasteiger partial charge in [-0.05, 0) is 30.7 Å². The second kappa shape index (κ2) is 10.0. The third kappa shape index (κ3) is 7.11. The van der Waals surface area contributed by atoms with E-state index in [0.29, 0.717) is 21.8 Å². The first-order valence-electron chi connectivity index (χ1n) is 8.24. The van der Waals surface area contributed by atoms with Gasteiger partial charge < -0.3 is 15.7 Å². The van der Waals surface area contributed by atoms with Gasteiger partial charge in [-0.15, -0.1) is 11.8 Å². The molecular weight excluding hydrogens is 398 g/mol. The second-order valence-electron chi connectivity index (χ2n) is 5.78. The lowest BCUT2D eigenvalue weighted by atomic mass is 10.2. The van der Waals surface area contributed by atoms with Crippen LogP contribution >= 0.6 is 11.8 Å². The first-order chi connectivity index (χ1) is 13.7. The topological polar surface area (TPSA) is 139 Å². The molecule has 0 atom stereocenters. The number of carboxylic acid groups (broad SMARTS) is 1. The molecule has 0 saturated carbocycles. The molecule has 2 amide bonds. The minimum Gasteiger partial charge on any atom is -0.478 e. The smallest absolute Gasteiger partial charge is 0.328 e. The van der Waals surface area contributed by atoms with Gasteiger partial charge in [0.25, 0.3) is 5.69 Å². The van der Waals surface area contributed by atoms with Crippen molar-refractivity contribution in [2.75, 3.05) is 16.4 Å². The van der Waals surface area contributed by atoms with E-state index >= 15 is 0 Å². The first-order valence-corrected chi connectivity index (χ1v) is 9.23. The molecule has 2 aromatic carbocycles. The molecule has 0 aliphatic heterocycles. The molecule has 0 aromatic heterocycles. The summed E-state index contributed by atoms with van der Waals surface area (Å²) in [6.07, 6.45) is 1.63. The molecule has 2 rings (SSSR count). The van der Waals surface area contributed by atoms with E-state index in [1.807, 2.05) is 0 Å². The SMILES string of the molecule is Cc1ccc([N+](=O)[O-])cc1NC(=O)CSc1cccc(NC(=O)/C=C/C(=O)O)c1. The summed E-state index contributed by atoms with van der Waals surface area (Å²) in [5.41, 5.74) is 1.41. The zero-order chi connectivity index (χ0) is 21.4. The summed E-state index contributed by atoms with van der Waals surface area (Å²) in [6, 6.07) is 10.9. The highest BCUT2D eigenvalue weighted by molar-refractivity contribution is 8.00. The highest BCUT2D eigenvalue weighted by Crippen LogP contribution is 2.24. The van der Waals surface area contributed by atoms with Crippen LogP contribution in [0.2, 0.25) is 0 Å². The number of aryl methyl sites for hydroxylation is 1. The Morgan fingerprint density at radius 3 is 2.59 bits per heavy atom. The Kier molecular flexibility index (Phi) is 7.49. The number of amides is 2. The number of benzene rings is 2. The zero-order valence-electron chi connectivity index (χ0n) is 15.2. The molecular formula is C19H17N3O6S. The number of rotatable bonds is 8. The van der Waals surface area contributed by atoms with Gasteiger partial charge in [-0.3, -0.25) is 19.7 Å². The standard InChI is InChI=1S/C19H17N3O6S/c1-12-5-6-14(22(27)28)10-16(12)21-18(24)11-29-15-4-2-3-13(9-15)20-17(23)7-8-19(25)26/h2-10H,11H2,1H3,(H,20,23)(H,21,24)(H,25,26)/b8-7+. The lowest BCUT2D eigenvalue weighted by Gasteiger charge is -2.09. The van der Waals surface area contributed by atoms with Crippen molar-refractivity contribution >= 4 is 46.6 Å². The maximum Gasteiger partial charge on any atom is 0.328 e. The van der Waals surface area contributed by atoms with E-state index in [-0.39, 0.29) is 17.3 Å². The minimum atomic E-state index is -1.23. The molecule has 0 saturated heterocycles. The minimum absolute atomic E-state index is 0.0540. The Morgan fingerprint density at radius 1 is 1.14 bits per heavy atom. The summed E-state index contributed by atoms with van der Waals surface area (Å²) in [6.45, 7) is 1.73. The number of carbonyl (C=O) groups is 3. The maximum absolute atomic E-state index is 12.2. The Labute approximate surface area is 170 Å². The molecule has 0 fully saturated rings. The Hall–Kier alpha value is -3.66. The number of carbonyl (C=O) groups excluding carboxylic acids is 2. The lowest BCUT2D eigenvalue weighted by molar-refractivity contribution is -0.384. The van der Waals surface area contributed by atoms with Crippen LogP contribution in [0.1, 0.15) is 5.56 Å². The van der Waals surface area contributed by atoms with Crippen LogP contribution in [0.3, 0.4) is 0 Å².